The van der Waals surface area contributed by atoms with Gasteiger partial charge in [0.05, 0.1) is 13.2 Å². The average molecular weight is 333 g/mol. The van der Waals surface area contributed by atoms with Crippen LogP contribution in [0.2, 0.25) is 0 Å². The molecular weight excluding hydrogens is 314 g/mol. The zero-order chi connectivity index (χ0) is 16.1. The molecule has 0 atom stereocenters. The molecule has 1 aliphatic heterocycles. The largest absolute Gasteiger partial charge is 0.490 e. The molecule has 0 unspecified atom stereocenters. The highest BCUT2D eigenvalue weighted by atomic mass is 32.1. The first-order valence-corrected chi connectivity index (χ1v) is 8.28. The van der Waals surface area contributed by atoms with Crippen molar-refractivity contribution in [1.82, 2.24) is 10.2 Å². The Kier molecular flexibility index (Phi) is 4.92. The number of rotatable bonds is 4. The zero-order valence-corrected chi connectivity index (χ0v) is 13.7. The van der Waals surface area contributed by atoms with Crippen LogP contribution in [-0.2, 0) is 6.42 Å². The maximum absolute atomic E-state index is 5.92. The van der Waals surface area contributed by atoms with E-state index in [2.05, 4.69) is 20.5 Å². The lowest BCUT2D eigenvalue weighted by molar-refractivity contribution is 0.297. The van der Waals surface area contributed by atoms with Crippen molar-refractivity contribution >= 4 is 23.0 Å². The van der Waals surface area contributed by atoms with Crippen LogP contribution in [-0.4, -0.2) is 35.9 Å². The second-order valence-corrected chi connectivity index (χ2v) is 6.33. The molecule has 0 amide bonds. The Morgan fingerprint density at radius 2 is 2.13 bits per heavy atom. The van der Waals surface area contributed by atoms with Crippen molar-refractivity contribution in [1.29, 1.82) is 0 Å². The maximum Gasteiger partial charge on any atom is 0.193 e. The molecule has 2 aromatic rings. The number of fused-ring (bicyclic) bond motifs is 1. The van der Waals surface area contributed by atoms with Crippen LogP contribution in [0.4, 0.5) is 5.69 Å². The molecule has 1 aromatic heterocycles. The number of aliphatic imine (C=N–C) groups is 1. The fourth-order valence-electron chi connectivity index (χ4n) is 2.14. The molecule has 7 nitrogen and oxygen atoms in total. The SMILES string of the molecule is Cc1nnc(CCN=C(N)Nc2ccc3c(c2)OCCCO3)s1. The standard InChI is InChI=1S/C15H19N5O2S/c1-10-19-20-14(23-10)5-6-17-15(16)18-11-3-4-12-13(9-11)22-8-2-7-21-12/h3-4,9H,2,5-8H2,1H3,(H3,16,17,18). The highest BCUT2D eigenvalue weighted by Crippen LogP contribution is 2.32. The number of nitrogens with zero attached hydrogens (tertiary/aromatic N) is 3. The molecule has 1 aliphatic rings. The fourth-order valence-corrected chi connectivity index (χ4v) is 2.84. The first kappa shape index (κ1) is 15.5. The van der Waals surface area contributed by atoms with Gasteiger partial charge in [0.2, 0.25) is 0 Å². The summed E-state index contributed by atoms with van der Waals surface area (Å²) in [5.41, 5.74) is 6.74. The van der Waals surface area contributed by atoms with E-state index >= 15 is 0 Å². The van der Waals surface area contributed by atoms with Gasteiger partial charge in [-0.15, -0.1) is 21.5 Å². The Bertz CT molecular complexity index is 701. The van der Waals surface area contributed by atoms with Gasteiger partial charge in [-0.2, -0.15) is 0 Å². The Morgan fingerprint density at radius 3 is 2.91 bits per heavy atom. The van der Waals surface area contributed by atoms with Crippen LogP contribution < -0.4 is 20.5 Å². The van der Waals surface area contributed by atoms with Crippen LogP contribution in [0.15, 0.2) is 23.2 Å². The van der Waals surface area contributed by atoms with E-state index in [4.69, 9.17) is 15.2 Å². The summed E-state index contributed by atoms with van der Waals surface area (Å²) in [7, 11) is 0. The van der Waals surface area contributed by atoms with Gasteiger partial charge in [0, 0.05) is 31.1 Å². The molecule has 0 fully saturated rings. The summed E-state index contributed by atoms with van der Waals surface area (Å²) in [6, 6.07) is 5.64. The predicted molar refractivity (Wildman–Crippen MR) is 90.5 cm³/mol. The molecule has 0 saturated heterocycles. The normalized spacial score (nSPS) is 14.4. The van der Waals surface area contributed by atoms with E-state index in [9.17, 15) is 0 Å². The van der Waals surface area contributed by atoms with Crippen LogP contribution >= 0.6 is 11.3 Å². The van der Waals surface area contributed by atoms with Crippen LogP contribution in [0.25, 0.3) is 0 Å². The molecule has 23 heavy (non-hydrogen) atoms. The highest BCUT2D eigenvalue weighted by Gasteiger charge is 2.10. The summed E-state index contributed by atoms with van der Waals surface area (Å²) in [5, 5.41) is 13.0. The van der Waals surface area contributed by atoms with E-state index in [-0.39, 0.29) is 0 Å². The lowest BCUT2D eigenvalue weighted by Gasteiger charge is -2.10. The third-order valence-corrected chi connectivity index (χ3v) is 4.09. The number of guanidine groups is 1. The van der Waals surface area contributed by atoms with Gasteiger partial charge in [-0.1, -0.05) is 0 Å². The van der Waals surface area contributed by atoms with Crippen molar-refractivity contribution in [2.75, 3.05) is 25.1 Å². The molecule has 1 aromatic carbocycles. The lowest BCUT2D eigenvalue weighted by atomic mass is 10.3. The lowest BCUT2D eigenvalue weighted by Crippen LogP contribution is -2.23. The molecule has 2 heterocycles. The minimum atomic E-state index is 0.362. The quantitative estimate of drug-likeness (QED) is 0.656. The van der Waals surface area contributed by atoms with E-state index in [0.717, 1.165) is 40.0 Å². The first-order chi connectivity index (χ1) is 11.2. The smallest absolute Gasteiger partial charge is 0.193 e. The molecular formula is C15H19N5O2S. The van der Waals surface area contributed by atoms with E-state index in [1.54, 1.807) is 11.3 Å². The third kappa shape index (κ3) is 4.32. The highest BCUT2D eigenvalue weighted by molar-refractivity contribution is 7.11. The van der Waals surface area contributed by atoms with Gasteiger partial charge in [-0.05, 0) is 19.1 Å². The summed E-state index contributed by atoms with van der Waals surface area (Å²) >= 11 is 1.58. The topological polar surface area (TPSA) is 94.7 Å². The van der Waals surface area contributed by atoms with E-state index in [0.29, 0.717) is 25.7 Å². The first-order valence-electron chi connectivity index (χ1n) is 7.46. The average Bonchev–Trinajstić information content (AvgIpc) is 2.81. The Balaban J connectivity index is 1.57. The number of benzene rings is 1. The van der Waals surface area contributed by atoms with Crippen molar-refractivity contribution in [2.45, 2.75) is 19.8 Å². The summed E-state index contributed by atoms with van der Waals surface area (Å²) in [6.07, 6.45) is 1.61. The molecule has 122 valence electrons. The minimum Gasteiger partial charge on any atom is -0.490 e. The van der Waals surface area contributed by atoms with Gasteiger partial charge in [0.15, 0.2) is 17.5 Å². The number of aryl methyl sites for hydroxylation is 1. The summed E-state index contributed by atoms with van der Waals surface area (Å²) < 4.78 is 11.3. The number of anilines is 1. The molecule has 3 N–H and O–H groups in total. The Morgan fingerprint density at radius 1 is 1.30 bits per heavy atom. The summed E-state index contributed by atoms with van der Waals surface area (Å²) in [4.78, 5) is 4.30. The Hall–Kier alpha value is -2.35. The van der Waals surface area contributed by atoms with Gasteiger partial charge < -0.3 is 20.5 Å². The molecule has 8 heteroatoms. The second kappa shape index (κ2) is 7.28. The van der Waals surface area contributed by atoms with Crippen LogP contribution in [0.5, 0.6) is 11.5 Å². The maximum atomic E-state index is 5.92. The fraction of sp³-hybridized carbons (Fsp3) is 0.400. The second-order valence-electron chi connectivity index (χ2n) is 5.07. The van der Waals surface area contributed by atoms with E-state index in [1.165, 1.54) is 0 Å². The molecule has 0 radical (unpaired) electrons. The molecule has 0 spiro atoms. The van der Waals surface area contributed by atoms with Gasteiger partial charge >= 0.3 is 0 Å². The summed E-state index contributed by atoms with van der Waals surface area (Å²) in [6.45, 7) is 3.83. The van der Waals surface area contributed by atoms with Crippen molar-refractivity contribution in [3.05, 3.63) is 28.2 Å². The van der Waals surface area contributed by atoms with Gasteiger partial charge in [-0.3, -0.25) is 4.99 Å². The molecule has 3 rings (SSSR count). The monoisotopic (exact) mass is 333 g/mol. The van der Waals surface area contributed by atoms with Crippen molar-refractivity contribution < 1.29 is 9.47 Å². The van der Waals surface area contributed by atoms with Gasteiger partial charge in [0.25, 0.3) is 0 Å². The predicted octanol–water partition coefficient (Wildman–Crippen LogP) is 1.98. The van der Waals surface area contributed by atoms with Crippen LogP contribution in [0.1, 0.15) is 16.4 Å². The Labute approximate surface area is 138 Å². The van der Waals surface area contributed by atoms with Crippen molar-refractivity contribution in [3.8, 4) is 11.5 Å². The number of hydrogen-bond donors (Lipinski definition) is 2. The van der Waals surface area contributed by atoms with E-state index < -0.39 is 0 Å². The minimum absolute atomic E-state index is 0.362. The summed E-state index contributed by atoms with van der Waals surface area (Å²) in [5.74, 6) is 1.85. The van der Waals surface area contributed by atoms with Crippen molar-refractivity contribution in [3.63, 3.8) is 0 Å². The number of nitrogens with one attached hydrogen (secondary N) is 1. The number of aromatic nitrogens is 2. The molecule has 0 bridgehead atoms. The number of hydrogen-bond acceptors (Lipinski definition) is 6. The van der Waals surface area contributed by atoms with Gasteiger partial charge in [-0.25, -0.2) is 0 Å². The van der Waals surface area contributed by atoms with Crippen LogP contribution in [0, 0.1) is 6.92 Å². The third-order valence-electron chi connectivity index (χ3n) is 3.20. The van der Waals surface area contributed by atoms with E-state index in [1.807, 2.05) is 25.1 Å². The van der Waals surface area contributed by atoms with Crippen molar-refractivity contribution in [2.24, 2.45) is 10.7 Å². The molecule has 0 aliphatic carbocycles. The van der Waals surface area contributed by atoms with Crippen LogP contribution in [0.3, 0.4) is 0 Å². The van der Waals surface area contributed by atoms with Gasteiger partial charge in [0.1, 0.15) is 10.0 Å². The number of nitrogens with two attached hydrogens (primary N) is 1. The zero-order valence-electron chi connectivity index (χ0n) is 12.9. The molecule has 0 saturated carbocycles. The number of ether oxygens (including phenoxy) is 2.